The minimum atomic E-state index is 0.0937. The van der Waals surface area contributed by atoms with Crippen LogP contribution in [0.15, 0.2) is 83.3 Å². The normalized spacial score (nSPS) is 23.8. The van der Waals surface area contributed by atoms with E-state index in [0.29, 0.717) is 18.2 Å². The molecule has 2 saturated heterocycles. The minimum absolute atomic E-state index is 0.0937. The van der Waals surface area contributed by atoms with Crippen molar-refractivity contribution < 1.29 is 4.79 Å². The number of fused-ring (bicyclic) bond motifs is 3. The highest BCUT2D eigenvalue weighted by molar-refractivity contribution is 9.10. The van der Waals surface area contributed by atoms with E-state index in [1.807, 2.05) is 6.07 Å². The number of ketones is 1. The highest BCUT2D eigenvalue weighted by atomic mass is 79.9. The molecule has 3 heteroatoms. The number of carbonyl (C=O) groups is 1. The summed E-state index contributed by atoms with van der Waals surface area (Å²) in [5.74, 6) is 0.526. The molecule has 1 aliphatic carbocycles. The highest BCUT2D eigenvalue weighted by Gasteiger charge is 2.47. The Kier molecular flexibility index (Phi) is 4.56. The van der Waals surface area contributed by atoms with Crippen LogP contribution in [-0.4, -0.2) is 11.8 Å². The second-order valence-corrected chi connectivity index (χ2v) is 8.74. The molecule has 3 atom stereocenters. The van der Waals surface area contributed by atoms with Gasteiger partial charge < -0.3 is 4.90 Å². The maximum absolute atomic E-state index is 12.7. The summed E-state index contributed by atoms with van der Waals surface area (Å²) in [6.45, 7) is 0. The Hall–Kier alpha value is -2.39. The third-order valence-electron chi connectivity index (χ3n) is 6.22. The van der Waals surface area contributed by atoms with Gasteiger partial charge in [0.05, 0.1) is 6.04 Å². The average molecular weight is 432 g/mol. The predicted octanol–water partition coefficient (Wildman–Crippen LogP) is 6.42. The Balaban J connectivity index is 1.53. The van der Waals surface area contributed by atoms with Crippen molar-refractivity contribution in [3.05, 3.63) is 88.9 Å². The lowest BCUT2D eigenvalue weighted by Gasteiger charge is -2.52. The van der Waals surface area contributed by atoms with Crippen LogP contribution in [0.1, 0.15) is 30.9 Å². The van der Waals surface area contributed by atoms with E-state index in [1.54, 1.807) is 0 Å². The molecule has 2 heterocycles. The number of rotatable bonds is 3. The van der Waals surface area contributed by atoms with Gasteiger partial charge in [-0.25, -0.2) is 0 Å². The Morgan fingerprint density at radius 2 is 1.46 bits per heavy atom. The lowest BCUT2D eigenvalue weighted by molar-refractivity contribution is -0.128. The van der Waals surface area contributed by atoms with Gasteiger partial charge >= 0.3 is 0 Å². The Bertz CT molecular complexity index is 981. The number of hydrogen-bond donors (Lipinski definition) is 0. The van der Waals surface area contributed by atoms with Gasteiger partial charge in [-0.2, -0.15) is 0 Å². The van der Waals surface area contributed by atoms with Crippen molar-refractivity contribution in [2.24, 2.45) is 5.92 Å². The maximum Gasteiger partial charge on any atom is 0.140 e. The van der Waals surface area contributed by atoms with Crippen molar-refractivity contribution in [1.82, 2.24) is 0 Å². The van der Waals surface area contributed by atoms with Crippen LogP contribution in [0.25, 0.3) is 11.1 Å². The molecular formula is C25H22BrNO. The number of carbonyl (C=O) groups excluding carboxylic acids is 1. The molecule has 0 radical (unpaired) electrons. The first-order valence-electron chi connectivity index (χ1n) is 9.93. The van der Waals surface area contributed by atoms with Gasteiger partial charge in [0, 0.05) is 28.5 Å². The summed E-state index contributed by atoms with van der Waals surface area (Å²) in [6, 6.07) is 28.2. The zero-order valence-corrected chi connectivity index (χ0v) is 17.2. The lowest BCUT2D eigenvalue weighted by Crippen LogP contribution is -2.54. The van der Waals surface area contributed by atoms with Gasteiger partial charge in [-0.15, -0.1) is 0 Å². The van der Waals surface area contributed by atoms with E-state index in [2.05, 4.69) is 93.6 Å². The zero-order valence-electron chi connectivity index (χ0n) is 15.6. The first-order valence-corrected chi connectivity index (χ1v) is 10.7. The first kappa shape index (κ1) is 17.7. The van der Waals surface area contributed by atoms with E-state index in [1.165, 1.54) is 22.4 Å². The fourth-order valence-electron chi connectivity index (χ4n) is 4.89. The van der Waals surface area contributed by atoms with E-state index in [-0.39, 0.29) is 12.0 Å². The van der Waals surface area contributed by atoms with E-state index in [0.717, 1.165) is 17.3 Å². The van der Waals surface area contributed by atoms with Crippen LogP contribution in [-0.2, 0) is 4.79 Å². The summed E-state index contributed by atoms with van der Waals surface area (Å²) in [6.07, 6.45) is 2.78. The molecular weight excluding hydrogens is 410 g/mol. The Morgan fingerprint density at radius 1 is 0.786 bits per heavy atom. The van der Waals surface area contributed by atoms with Crippen LogP contribution in [0.2, 0.25) is 0 Å². The average Bonchev–Trinajstić information content (AvgIpc) is 2.75. The van der Waals surface area contributed by atoms with Crippen LogP contribution in [0.4, 0.5) is 5.69 Å². The first-order chi connectivity index (χ1) is 13.7. The van der Waals surface area contributed by atoms with Crippen molar-refractivity contribution >= 4 is 27.4 Å². The van der Waals surface area contributed by atoms with Crippen LogP contribution >= 0.6 is 15.9 Å². The number of Topliss-reactive ketones (excluding diaryl/α,β-unsaturated/α-hetero) is 1. The summed E-state index contributed by atoms with van der Waals surface area (Å²) >= 11 is 3.54. The molecule has 140 valence electrons. The van der Waals surface area contributed by atoms with Gasteiger partial charge in [0.25, 0.3) is 0 Å². The summed E-state index contributed by atoms with van der Waals surface area (Å²) in [5.41, 5.74) is 4.89. The number of piperidine rings is 2. The van der Waals surface area contributed by atoms with Crippen LogP contribution in [0.3, 0.4) is 0 Å². The molecule has 3 fully saturated rings. The number of nitrogens with zero attached hydrogens (tertiary/aromatic N) is 1. The SMILES string of the molecule is O=C1CC2CCC1C(c1ccc(-c3ccccc3)cc1)N2c1ccc(Br)cc1. The highest BCUT2D eigenvalue weighted by Crippen LogP contribution is 2.48. The third kappa shape index (κ3) is 3.08. The molecule has 3 aromatic rings. The monoisotopic (exact) mass is 431 g/mol. The second kappa shape index (κ2) is 7.21. The fraction of sp³-hybridized carbons (Fsp3) is 0.240. The van der Waals surface area contributed by atoms with Crippen molar-refractivity contribution in [2.75, 3.05) is 4.90 Å². The minimum Gasteiger partial charge on any atom is -0.360 e. The van der Waals surface area contributed by atoms with E-state index < -0.39 is 0 Å². The topological polar surface area (TPSA) is 20.3 Å². The smallest absolute Gasteiger partial charge is 0.140 e. The molecule has 2 bridgehead atoms. The molecule has 3 aliphatic rings. The maximum atomic E-state index is 12.7. The number of halogens is 1. The third-order valence-corrected chi connectivity index (χ3v) is 6.75. The summed E-state index contributed by atoms with van der Waals surface area (Å²) in [5, 5.41) is 0. The lowest BCUT2D eigenvalue weighted by atomic mass is 9.71. The molecule has 6 rings (SSSR count). The fourth-order valence-corrected chi connectivity index (χ4v) is 5.16. The van der Waals surface area contributed by atoms with Crippen molar-refractivity contribution in [3.8, 4) is 11.1 Å². The molecule has 1 saturated carbocycles. The number of anilines is 1. The van der Waals surface area contributed by atoms with E-state index >= 15 is 0 Å². The summed E-state index contributed by atoms with van der Waals surface area (Å²) in [7, 11) is 0. The summed E-state index contributed by atoms with van der Waals surface area (Å²) < 4.78 is 1.08. The zero-order chi connectivity index (χ0) is 19.1. The molecule has 0 spiro atoms. The van der Waals surface area contributed by atoms with Crippen LogP contribution in [0.5, 0.6) is 0 Å². The molecule has 0 amide bonds. The Labute approximate surface area is 174 Å². The van der Waals surface area contributed by atoms with Gasteiger partial charge in [0.15, 0.2) is 0 Å². The standard InChI is InChI=1S/C25H22BrNO/c26-20-10-12-21(13-11-20)27-22-14-15-23(24(28)16-22)25(27)19-8-6-18(7-9-19)17-4-2-1-3-5-17/h1-13,22-23,25H,14-16H2. The van der Waals surface area contributed by atoms with Crippen molar-refractivity contribution in [2.45, 2.75) is 31.3 Å². The predicted molar refractivity (Wildman–Crippen MR) is 117 cm³/mol. The van der Waals surface area contributed by atoms with Crippen LogP contribution < -0.4 is 4.90 Å². The van der Waals surface area contributed by atoms with Gasteiger partial charge in [0.2, 0.25) is 0 Å². The molecule has 2 nitrogen and oxygen atoms in total. The molecule has 2 aliphatic heterocycles. The molecule has 3 aromatic carbocycles. The molecule has 3 unspecified atom stereocenters. The van der Waals surface area contributed by atoms with Crippen molar-refractivity contribution in [3.63, 3.8) is 0 Å². The van der Waals surface area contributed by atoms with Gasteiger partial charge in [0.1, 0.15) is 5.78 Å². The largest absolute Gasteiger partial charge is 0.360 e. The molecule has 0 aromatic heterocycles. The molecule has 28 heavy (non-hydrogen) atoms. The Morgan fingerprint density at radius 3 is 2.14 bits per heavy atom. The van der Waals surface area contributed by atoms with E-state index in [9.17, 15) is 4.79 Å². The number of hydrogen-bond acceptors (Lipinski definition) is 2. The van der Waals surface area contributed by atoms with Crippen LogP contribution in [0, 0.1) is 5.92 Å². The van der Waals surface area contributed by atoms with Gasteiger partial charge in [-0.1, -0.05) is 70.5 Å². The number of benzene rings is 3. The van der Waals surface area contributed by atoms with E-state index in [4.69, 9.17) is 0 Å². The van der Waals surface area contributed by atoms with Gasteiger partial charge in [-0.3, -0.25) is 4.79 Å². The summed E-state index contributed by atoms with van der Waals surface area (Å²) in [4.78, 5) is 15.2. The van der Waals surface area contributed by atoms with Gasteiger partial charge in [-0.05, 0) is 53.8 Å². The molecule has 0 N–H and O–H groups in total. The van der Waals surface area contributed by atoms with Crippen molar-refractivity contribution in [1.29, 1.82) is 0 Å². The second-order valence-electron chi connectivity index (χ2n) is 7.82. The quantitative estimate of drug-likeness (QED) is 0.476.